The summed E-state index contributed by atoms with van der Waals surface area (Å²) in [7, 11) is 0. The number of aliphatic hydroxyl groups is 1. The molecule has 0 aromatic heterocycles. The van der Waals surface area contributed by atoms with Gasteiger partial charge >= 0.3 is 0 Å². The molecule has 0 unspecified atom stereocenters. The molecule has 0 radical (unpaired) electrons. The van der Waals surface area contributed by atoms with Crippen molar-refractivity contribution in [2.45, 2.75) is 39.0 Å². The van der Waals surface area contributed by atoms with Crippen molar-refractivity contribution in [1.82, 2.24) is 0 Å². The second-order valence-corrected chi connectivity index (χ2v) is 5.85. The van der Waals surface area contributed by atoms with Crippen molar-refractivity contribution in [3.63, 3.8) is 0 Å². The Balaban J connectivity index is 2.49. The minimum absolute atomic E-state index is 0.107. The summed E-state index contributed by atoms with van der Waals surface area (Å²) in [5, 5.41) is 9.84. The lowest BCUT2D eigenvalue weighted by Gasteiger charge is -2.33. The molecule has 3 heteroatoms. The first-order valence-corrected chi connectivity index (χ1v) is 6.60. The summed E-state index contributed by atoms with van der Waals surface area (Å²) in [5.74, 6) is -0.154. The second kappa shape index (κ2) is 4.80. The molecule has 0 fully saturated rings. The van der Waals surface area contributed by atoms with E-state index in [0.29, 0.717) is 17.9 Å². The summed E-state index contributed by atoms with van der Waals surface area (Å²) in [6.45, 7) is 6.09. The zero-order chi connectivity index (χ0) is 14.2. The number of carbonyl (C=O) groups excluding carboxylic acids is 1. The largest absolute Gasteiger partial charge is 0.507 e. The zero-order valence-electron chi connectivity index (χ0n) is 11.5. The average Bonchev–Trinajstić information content (AvgIpc) is 2.34. The van der Waals surface area contributed by atoms with E-state index in [1.807, 2.05) is 6.92 Å². The Labute approximate surface area is 113 Å². The molecule has 0 aliphatic heterocycles. The Kier molecular flexibility index (Phi) is 3.48. The van der Waals surface area contributed by atoms with Crippen LogP contribution in [0.5, 0.6) is 0 Å². The number of fused-ring (bicyclic) bond motifs is 1. The van der Waals surface area contributed by atoms with Gasteiger partial charge in [0.05, 0.1) is 5.41 Å². The maximum atomic E-state index is 13.3. The maximum absolute atomic E-state index is 13.3. The summed E-state index contributed by atoms with van der Waals surface area (Å²) >= 11 is 0. The van der Waals surface area contributed by atoms with Crippen molar-refractivity contribution in [2.24, 2.45) is 5.92 Å². The van der Waals surface area contributed by atoms with Crippen molar-refractivity contribution in [3.05, 3.63) is 41.2 Å². The van der Waals surface area contributed by atoms with Gasteiger partial charge in [-0.05, 0) is 43.4 Å². The van der Waals surface area contributed by atoms with E-state index in [2.05, 4.69) is 13.8 Å². The summed E-state index contributed by atoms with van der Waals surface area (Å²) < 4.78 is 13.3. The van der Waals surface area contributed by atoms with Crippen LogP contribution in [-0.2, 0) is 10.2 Å². The average molecular weight is 262 g/mol. The molecular formula is C16H19FO2. The van der Waals surface area contributed by atoms with Crippen LogP contribution in [0.3, 0.4) is 0 Å². The molecule has 2 nitrogen and oxygen atoms in total. The summed E-state index contributed by atoms with van der Waals surface area (Å²) in [5.41, 5.74) is 0.491. The minimum atomic E-state index is -0.667. The Hall–Kier alpha value is -1.64. The summed E-state index contributed by atoms with van der Waals surface area (Å²) in [4.78, 5) is 12.3. The van der Waals surface area contributed by atoms with Crippen LogP contribution >= 0.6 is 0 Å². The number of benzene rings is 1. The fourth-order valence-corrected chi connectivity index (χ4v) is 2.54. The molecule has 102 valence electrons. The Bertz CT molecular complexity index is 546. The van der Waals surface area contributed by atoms with Crippen LogP contribution in [0.25, 0.3) is 5.76 Å². The van der Waals surface area contributed by atoms with Gasteiger partial charge < -0.3 is 5.11 Å². The molecule has 2 rings (SSSR count). The maximum Gasteiger partial charge on any atom is 0.169 e. The number of carbonyl (C=O) groups is 1. The van der Waals surface area contributed by atoms with E-state index in [0.717, 1.165) is 12.0 Å². The van der Waals surface area contributed by atoms with E-state index in [1.54, 1.807) is 6.07 Å². The van der Waals surface area contributed by atoms with Gasteiger partial charge in [0.2, 0.25) is 0 Å². The lowest BCUT2D eigenvalue weighted by molar-refractivity contribution is -0.119. The molecule has 0 amide bonds. The van der Waals surface area contributed by atoms with Crippen LogP contribution in [0.15, 0.2) is 24.3 Å². The van der Waals surface area contributed by atoms with Gasteiger partial charge in [-0.2, -0.15) is 0 Å². The number of rotatable bonds is 3. The number of hydrogen-bond donors (Lipinski definition) is 1. The van der Waals surface area contributed by atoms with E-state index in [9.17, 15) is 14.3 Å². The highest BCUT2D eigenvalue weighted by Gasteiger charge is 2.39. The highest BCUT2D eigenvalue weighted by molar-refractivity contribution is 6.06. The minimum Gasteiger partial charge on any atom is -0.507 e. The van der Waals surface area contributed by atoms with Crippen LogP contribution in [0.4, 0.5) is 4.39 Å². The van der Waals surface area contributed by atoms with Crippen molar-refractivity contribution in [3.8, 4) is 0 Å². The van der Waals surface area contributed by atoms with Crippen molar-refractivity contribution < 1.29 is 14.3 Å². The fraction of sp³-hybridized carbons (Fsp3) is 0.438. The molecule has 0 bridgehead atoms. The van der Waals surface area contributed by atoms with Crippen LogP contribution in [0.1, 0.15) is 44.7 Å². The molecule has 19 heavy (non-hydrogen) atoms. The van der Waals surface area contributed by atoms with Gasteiger partial charge in [0, 0.05) is 11.6 Å². The van der Waals surface area contributed by atoms with E-state index in [-0.39, 0.29) is 11.5 Å². The fourth-order valence-electron chi connectivity index (χ4n) is 2.54. The number of halogens is 1. The highest BCUT2D eigenvalue weighted by Crippen LogP contribution is 2.40. The Morgan fingerprint density at radius 3 is 2.68 bits per heavy atom. The topological polar surface area (TPSA) is 37.3 Å². The van der Waals surface area contributed by atoms with Gasteiger partial charge in [0.25, 0.3) is 0 Å². The number of hydrogen-bond acceptors (Lipinski definition) is 2. The predicted molar refractivity (Wildman–Crippen MR) is 73.4 cm³/mol. The first kappa shape index (κ1) is 13.8. The zero-order valence-corrected chi connectivity index (χ0v) is 11.5. The van der Waals surface area contributed by atoms with Gasteiger partial charge in [0.15, 0.2) is 5.78 Å². The molecule has 0 heterocycles. The summed E-state index contributed by atoms with van der Waals surface area (Å²) in [6, 6.07) is 4.26. The highest BCUT2D eigenvalue weighted by atomic mass is 19.1. The van der Waals surface area contributed by atoms with Crippen molar-refractivity contribution >= 4 is 11.5 Å². The molecule has 1 aromatic rings. The van der Waals surface area contributed by atoms with Gasteiger partial charge in [-0.3, -0.25) is 4.79 Å². The predicted octanol–water partition coefficient (Wildman–Crippen LogP) is 4.00. The molecule has 1 aliphatic rings. The molecule has 0 saturated heterocycles. The van der Waals surface area contributed by atoms with Crippen LogP contribution in [-0.4, -0.2) is 10.9 Å². The molecular weight excluding hydrogens is 243 g/mol. The molecule has 0 spiro atoms. The lowest BCUT2D eigenvalue weighted by atomic mass is 9.69. The van der Waals surface area contributed by atoms with Crippen molar-refractivity contribution in [2.75, 3.05) is 0 Å². The van der Waals surface area contributed by atoms with E-state index < -0.39 is 11.2 Å². The summed E-state index contributed by atoms with van der Waals surface area (Å²) in [6.07, 6.45) is 2.83. The van der Waals surface area contributed by atoms with Crippen LogP contribution in [0, 0.1) is 11.7 Å². The van der Waals surface area contributed by atoms with E-state index in [4.69, 9.17) is 0 Å². The number of ketones is 1. The molecule has 0 saturated carbocycles. The quantitative estimate of drug-likeness (QED) is 0.894. The smallest absolute Gasteiger partial charge is 0.169 e. The van der Waals surface area contributed by atoms with Crippen LogP contribution in [0.2, 0.25) is 0 Å². The van der Waals surface area contributed by atoms with Crippen molar-refractivity contribution in [1.29, 1.82) is 0 Å². The van der Waals surface area contributed by atoms with Gasteiger partial charge in [0.1, 0.15) is 11.6 Å². The van der Waals surface area contributed by atoms with E-state index >= 15 is 0 Å². The number of allylic oxidation sites excluding steroid dienone is 1. The second-order valence-electron chi connectivity index (χ2n) is 5.85. The molecule has 1 N–H and O–H groups in total. The Morgan fingerprint density at radius 2 is 2.05 bits per heavy atom. The van der Waals surface area contributed by atoms with Gasteiger partial charge in [-0.25, -0.2) is 4.39 Å². The SMILES string of the molecule is CC(C)CC[C@]1(C)C(=O)C=C(O)c2cc(F)ccc21. The first-order chi connectivity index (χ1) is 8.84. The molecule has 1 atom stereocenters. The molecule has 1 aromatic carbocycles. The monoisotopic (exact) mass is 262 g/mol. The molecule has 1 aliphatic carbocycles. The van der Waals surface area contributed by atoms with Crippen LogP contribution < -0.4 is 0 Å². The third-order valence-corrected chi connectivity index (χ3v) is 3.89. The lowest BCUT2D eigenvalue weighted by Crippen LogP contribution is -2.35. The van der Waals surface area contributed by atoms with Gasteiger partial charge in [-0.1, -0.05) is 19.9 Å². The van der Waals surface area contributed by atoms with E-state index in [1.165, 1.54) is 18.2 Å². The Morgan fingerprint density at radius 1 is 1.37 bits per heavy atom. The van der Waals surface area contributed by atoms with Gasteiger partial charge in [-0.15, -0.1) is 0 Å². The third kappa shape index (κ3) is 2.42. The number of aliphatic hydroxyl groups excluding tert-OH is 1. The normalized spacial score (nSPS) is 22.4. The standard InChI is InChI=1S/C16H19FO2/c1-10(2)6-7-16(3)13-5-4-11(17)8-12(13)14(18)9-15(16)19/h4-5,8-10,18H,6-7H2,1-3H3/t16-/m0/s1. The third-order valence-electron chi connectivity index (χ3n) is 3.89. The first-order valence-electron chi connectivity index (χ1n) is 6.60.